The molecule has 142 valence electrons. The highest BCUT2D eigenvalue weighted by molar-refractivity contribution is 7.08. The van der Waals surface area contributed by atoms with Gasteiger partial charge in [-0.25, -0.2) is 0 Å². The van der Waals surface area contributed by atoms with Crippen LogP contribution in [0.5, 0.6) is 0 Å². The van der Waals surface area contributed by atoms with E-state index >= 15 is 0 Å². The van der Waals surface area contributed by atoms with Crippen LogP contribution in [0.25, 0.3) is 10.9 Å². The van der Waals surface area contributed by atoms with Crippen molar-refractivity contribution in [3.63, 3.8) is 0 Å². The van der Waals surface area contributed by atoms with Crippen LogP contribution in [0.1, 0.15) is 50.3 Å². The molecule has 0 radical (unpaired) electrons. The van der Waals surface area contributed by atoms with Crippen molar-refractivity contribution in [2.24, 2.45) is 11.0 Å². The second kappa shape index (κ2) is 8.72. The number of nitrogens with zero attached hydrogens (tertiary/aromatic N) is 1. The van der Waals surface area contributed by atoms with Crippen LogP contribution in [0.15, 0.2) is 46.2 Å². The lowest BCUT2D eigenvalue weighted by molar-refractivity contribution is 0.342. The van der Waals surface area contributed by atoms with Crippen molar-refractivity contribution >= 4 is 33.6 Å². The van der Waals surface area contributed by atoms with E-state index in [0.717, 1.165) is 41.6 Å². The smallest absolute Gasteiger partial charge is 0.0810 e. The van der Waals surface area contributed by atoms with Crippen LogP contribution in [0, 0.1) is 5.92 Å². The molecule has 1 aliphatic carbocycles. The van der Waals surface area contributed by atoms with Gasteiger partial charge < -0.3 is 10.3 Å². The summed E-state index contributed by atoms with van der Waals surface area (Å²) >= 11 is 1.66. The molecule has 2 aromatic heterocycles. The fraction of sp³-hybridized carbons (Fsp3) is 0.409. The second-order valence-corrected chi connectivity index (χ2v) is 8.34. The van der Waals surface area contributed by atoms with Crippen molar-refractivity contribution < 1.29 is 0 Å². The van der Waals surface area contributed by atoms with E-state index in [-0.39, 0.29) is 0 Å². The Morgan fingerprint density at radius 1 is 1.19 bits per heavy atom. The third-order valence-corrected chi connectivity index (χ3v) is 6.12. The van der Waals surface area contributed by atoms with Crippen molar-refractivity contribution in [3.8, 4) is 0 Å². The Balaban J connectivity index is 1.38. The van der Waals surface area contributed by atoms with Gasteiger partial charge in [0.05, 0.1) is 17.1 Å². The number of hydrazone groups is 1. The maximum atomic E-state index is 4.49. The minimum absolute atomic E-state index is 0.871. The van der Waals surface area contributed by atoms with E-state index in [0.29, 0.717) is 0 Å². The van der Waals surface area contributed by atoms with Crippen molar-refractivity contribution in [1.29, 1.82) is 0 Å². The van der Waals surface area contributed by atoms with Gasteiger partial charge in [0.1, 0.15) is 0 Å². The van der Waals surface area contributed by atoms with E-state index in [1.807, 2.05) is 18.4 Å². The Bertz CT molecular complexity index is 888. The molecule has 4 nitrogen and oxygen atoms in total. The summed E-state index contributed by atoms with van der Waals surface area (Å²) in [6.45, 7) is 4.12. The van der Waals surface area contributed by atoms with Crippen molar-refractivity contribution in [3.05, 3.63) is 52.3 Å². The maximum absolute atomic E-state index is 4.49. The van der Waals surface area contributed by atoms with E-state index in [1.165, 1.54) is 43.1 Å². The van der Waals surface area contributed by atoms with Gasteiger partial charge >= 0.3 is 0 Å². The van der Waals surface area contributed by atoms with E-state index in [1.54, 1.807) is 11.3 Å². The van der Waals surface area contributed by atoms with Crippen LogP contribution in [0.4, 0.5) is 5.69 Å². The van der Waals surface area contributed by atoms with Gasteiger partial charge in [-0.05, 0) is 67.4 Å². The third-order valence-electron chi connectivity index (χ3n) is 5.44. The Labute approximate surface area is 165 Å². The fourth-order valence-corrected chi connectivity index (χ4v) is 4.42. The van der Waals surface area contributed by atoms with Crippen molar-refractivity contribution in [2.75, 3.05) is 12.0 Å². The molecule has 1 aromatic carbocycles. The Morgan fingerprint density at radius 3 is 2.89 bits per heavy atom. The summed E-state index contributed by atoms with van der Waals surface area (Å²) in [5, 5.41) is 13.5. The molecule has 1 saturated carbocycles. The molecule has 3 aromatic rings. The average molecular weight is 381 g/mol. The van der Waals surface area contributed by atoms with Gasteiger partial charge in [-0.15, -0.1) is 0 Å². The van der Waals surface area contributed by atoms with Crippen LogP contribution in [0.3, 0.4) is 0 Å². The first kappa shape index (κ1) is 18.3. The van der Waals surface area contributed by atoms with Crippen molar-refractivity contribution in [2.45, 2.75) is 45.6 Å². The standard InChI is InChI=1S/C22H28N4S/c1-16(25-26-20-9-10-27-15-20)22-12-19-11-18(7-8-21(19)24-22)14-23-13-17-5-3-2-4-6-17/h7-12,15,17,23-24,26H,2-6,13-14H2,1H3/b25-16+. The molecule has 0 atom stereocenters. The summed E-state index contributed by atoms with van der Waals surface area (Å²) < 4.78 is 0. The number of hydrogen-bond acceptors (Lipinski definition) is 4. The highest BCUT2D eigenvalue weighted by Crippen LogP contribution is 2.23. The van der Waals surface area contributed by atoms with E-state index < -0.39 is 0 Å². The number of nitrogens with one attached hydrogen (secondary N) is 3. The Kier molecular flexibility index (Phi) is 5.90. The average Bonchev–Trinajstić information content (AvgIpc) is 3.36. The Morgan fingerprint density at radius 2 is 2.07 bits per heavy atom. The van der Waals surface area contributed by atoms with Crippen LogP contribution in [-0.2, 0) is 6.54 Å². The van der Waals surface area contributed by atoms with E-state index in [2.05, 4.69) is 50.5 Å². The lowest BCUT2D eigenvalue weighted by atomic mass is 9.89. The molecule has 1 aliphatic rings. The molecule has 0 spiro atoms. The number of thiophene rings is 1. The van der Waals surface area contributed by atoms with Gasteiger partial charge in [-0.1, -0.05) is 25.3 Å². The molecule has 5 heteroatoms. The predicted octanol–water partition coefficient (Wildman–Crippen LogP) is 5.74. The van der Waals surface area contributed by atoms with Crippen LogP contribution >= 0.6 is 11.3 Å². The van der Waals surface area contributed by atoms with Gasteiger partial charge in [0.15, 0.2) is 0 Å². The number of aromatic nitrogens is 1. The first-order valence-electron chi connectivity index (χ1n) is 9.93. The monoisotopic (exact) mass is 380 g/mol. The molecular weight excluding hydrogens is 352 g/mol. The SMILES string of the molecule is C/C(=N\Nc1ccsc1)c1cc2cc(CNCC3CCCCC3)ccc2[nH]1. The summed E-state index contributed by atoms with van der Waals surface area (Å²) in [5.41, 5.74) is 8.65. The van der Waals surface area contributed by atoms with Crippen LogP contribution in [-0.4, -0.2) is 17.2 Å². The number of anilines is 1. The summed E-state index contributed by atoms with van der Waals surface area (Å²) in [6.07, 6.45) is 7.03. The molecule has 27 heavy (non-hydrogen) atoms. The highest BCUT2D eigenvalue weighted by atomic mass is 32.1. The van der Waals surface area contributed by atoms with E-state index in [4.69, 9.17) is 0 Å². The molecular formula is C22H28N4S. The van der Waals surface area contributed by atoms with Gasteiger partial charge in [0.2, 0.25) is 0 Å². The predicted molar refractivity (Wildman–Crippen MR) is 117 cm³/mol. The summed E-state index contributed by atoms with van der Waals surface area (Å²) in [6, 6.07) is 10.9. The number of aromatic amines is 1. The molecule has 4 rings (SSSR count). The molecule has 0 amide bonds. The summed E-state index contributed by atoms with van der Waals surface area (Å²) in [5.74, 6) is 0.871. The first-order chi connectivity index (χ1) is 13.3. The van der Waals surface area contributed by atoms with Gasteiger partial charge in [-0.3, -0.25) is 5.43 Å². The third kappa shape index (κ3) is 4.79. The largest absolute Gasteiger partial charge is 0.353 e. The summed E-state index contributed by atoms with van der Waals surface area (Å²) in [4.78, 5) is 3.47. The molecule has 0 bridgehead atoms. The second-order valence-electron chi connectivity index (χ2n) is 7.56. The lowest BCUT2D eigenvalue weighted by Crippen LogP contribution is -2.24. The summed E-state index contributed by atoms with van der Waals surface area (Å²) in [7, 11) is 0. The molecule has 0 aliphatic heterocycles. The normalized spacial score (nSPS) is 16.1. The number of rotatable bonds is 7. The molecule has 0 unspecified atom stereocenters. The zero-order valence-corrected chi connectivity index (χ0v) is 16.7. The number of fused-ring (bicyclic) bond motifs is 1. The van der Waals surface area contributed by atoms with Crippen LogP contribution < -0.4 is 10.7 Å². The molecule has 3 N–H and O–H groups in total. The Hall–Kier alpha value is -2.11. The number of benzene rings is 1. The quantitative estimate of drug-likeness (QED) is 0.362. The fourth-order valence-electron chi connectivity index (χ4n) is 3.84. The number of hydrogen-bond donors (Lipinski definition) is 3. The minimum Gasteiger partial charge on any atom is -0.353 e. The topological polar surface area (TPSA) is 52.2 Å². The maximum Gasteiger partial charge on any atom is 0.0810 e. The molecule has 2 heterocycles. The zero-order chi connectivity index (χ0) is 18.5. The zero-order valence-electron chi connectivity index (χ0n) is 15.9. The highest BCUT2D eigenvalue weighted by Gasteiger charge is 2.12. The van der Waals surface area contributed by atoms with Gasteiger partial charge in [0, 0.05) is 22.8 Å². The lowest BCUT2D eigenvalue weighted by Gasteiger charge is -2.21. The van der Waals surface area contributed by atoms with Gasteiger partial charge in [-0.2, -0.15) is 16.4 Å². The van der Waals surface area contributed by atoms with E-state index in [9.17, 15) is 0 Å². The van der Waals surface area contributed by atoms with Crippen LogP contribution in [0.2, 0.25) is 0 Å². The van der Waals surface area contributed by atoms with Crippen molar-refractivity contribution in [1.82, 2.24) is 10.3 Å². The van der Waals surface area contributed by atoms with Gasteiger partial charge in [0.25, 0.3) is 0 Å². The number of H-pyrrole nitrogens is 1. The molecule has 0 saturated heterocycles. The molecule has 1 fully saturated rings. The first-order valence-corrected chi connectivity index (χ1v) is 10.9. The minimum atomic E-state index is 0.871.